The molecule has 1 N–H and O–H groups in total. The van der Waals surface area contributed by atoms with Gasteiger partial charge in [-0.05, 0) is 19.8 Å². The minimum Gasteiger partial charge on any atom is -0.466 e. The Morgan fingerprint density at radius 1 is 1.37 bits per heavy atom. The first-order valence-corrected chi connectivity index (χ1v) is 7.80. The number of nitrogens with one attached hydrogen (secondary N) is 1. The van der Waals surface area contributed by atoms with Crippen molar-refractivity contribution < 1.29 is 9.53 Å². The van der Waals surface area contributed by atoms with E-state index < -0.39 is 0 Å². The monoisotopic (exact) mass is 268 g/mol. The fraction of sp³-hybridized carbons (Fsp3) is 0.933. The van der Waals surface area contributed by atoms with Crippen LogP contribution in [0.15, 0.2) is 0 Å². The van der Waals surface area contributed by atoms with Crippen LogP contribution >= 0.6 is 0 Å². The molecule has 4 nitrogen and oxygen atoms in total. The zero-order valence-corrected chi connectivity index (χ0v) is 12.4. The van der Waals surface area contributed by atoms with Crippen LogP contribution < -0.4 is 5.32 Å². The van der Waals surface area contributed by atoms with Gasteiger partial charge in [-0.15, -0.1) is 0 Å². The molecule has 1 heterocycles. The van der Waals surface area contributed by atoms with E-state index in [0.717, 1.165) is 26.2 Å². The highest BCUT2D eigenvalue weighted by Crippen LogP contribution is 2.35. The summed E-state index contributed by atoms with van der Waals surface area (Å²) in [5, 5.41) is 3.55. The van der Waals surface area contributed by atoms with Crippen molar-refractivity contribution in [3.63, 3.8) is 0 Å². The second kappa shape index (κ2) is 6.71. The Balaban J connectivity index is 1.97. The third kappa shape index (κ3) is 3.48. The molecule has 2 fully saturated rings. The fourth-order valence-corrected chi connectivity index (χ4v) is 3.56. The van der Waals surface area contributed by atoms with Gasteiger partial charge in [0.15, 0.2) is 0 Å². The smallest absolute Gasteiger partial charge is 0.309 e. The summed E-state index contributed by atoms with van der Waals surface area (Å²) >= 11 is 0. The summed E-state index contributed by atoms with van der Waals surface area (Å²) in [4.78, 5) is 14.4. The molecule has 0 aromatic carbocycles. The van der Waals surface area contributed by atoms with Gasteiger partial charge in [-0.2, -0.15) is 0 Å². The highest BCUT2D eigenvalue weighted by atomic mass is 16.5. The lowest BCUT2D eigenvalue weighted by Crippen LogP contribution is -2.63. The van der Waals surface area contributed by atoms with E-state index in [0.29, 0.717) is 12.1 Å². The van der Waals surface area contributed by atoms with E-state index in [-0.39, 0.29) is 11.9 Å². The quantitative estimate of drug-likeness (QED) is 0.789. The maximum absolute atomic E-state index is 11.8. The highest BCUT2D eigenvalue weighted by Gasteiger charge is 2.40. The Morgan fingerprint density at radius 3 is 2.79 bits per heavy atom. The highest BCUT2D eigenvalue weighted by molar-refractivity contribution is 5.72. The van der Waals surface area contributed by atoms with E-state index in [1.807, 2.05) is 13.8 Å². The fourth-order valence-electron chi connectivity index (χ4n) is 3.56. The molecule has 0 aromatic rings. The van der Waals surface area contributed by atoms with Gasteiger partial charge in [0.05, 0.1) is 12.5 Å². The van der Waals surface area contributed by atoms with Crippen molar-refractivity contribution in [3.8, 4) is 0 Å². The summed E-state index contributed by atoms with van der Waals surface area (Å²) in [6.07, 6.45) is 6.56. The van der Waals surface area contributed by atoms with Gasteiger partial charge in [0.25, 0.3) is 0 Å². The Labute approximate surface area is 116 Å². The summed E-state index contributed by atoms with van der Waals surface area (Å²) < 4.78 is 5.14. The average molecular weight is 268 g/mol. The predicted molar refractivity (Wildman–Crippen MR) is 76.1 cm³/mol. The number of ether oxygens (including phenoxy) is 1. The molecule has 110 valence electrons. The number of hydrogen-bond donors (Lipinski definition) is 1. The molecule has 1 aliphatic heterocycles. The van der Waals surface area contributed by atoms with Crippen molar-refractivity contribution in [2.45, 2.75) is 51.5 Å². The molecule has 1 saturated heterocycles. The van der Waals surface area contributed by atoms with Crippen molar-refractivity contribution in [1.29, 1.82) is 0 Å². The van der Waals surface area contributed by atoms with Crippen molar-refractivity contribution in [1.82, 2.24) is 10.2 Å². The van der Waals surface area contributed by atoms with E-state index in [9.17, 15) is 4.79 Å². The van der Waals surface area contributed by atoms with Gasteiger partial charge in [-0.1, -0.05) is 26.2 Å². The van der Waals surface area contributed by atoms with Crippen LogP contribution in [-0.4, -0.2) is 49.2 Å². The second-order valence-electron chi connectivity index (χ2n) is 6.06. The summed E-state index contributed by atoms with van der Waals surface area (Å²) in [5.41, 5.74) is 0.303. The van der Waals surface area contributed by atoms with E-state index in [1.165, 1.54) is 32.1 Å². The Hall–Kier alpha value is -0.610. The van der Waals surface area contributed by atoms with Crippen molar-refractivity contribution in [2.75, 3.05) is 32.8 Å². The SMILES string of the molecule is CCOC(=O)C(C)CN1CCNCC12CCCCC2. The molecule has 0 aromatic heterocycles. The largest absolute Gasteiger partial charge is 0.466 e. The molecule has 2 aliphatic rings. The van der Waals surface area contributed by atoms with E-state index in [1.54, 1.807) is 0 Å². The van der Waals surface area contributed by atoms with Crippen molar-refractivity contribution in [2.24, 2.45) is 5.92 Å². The predicted octanol–water partition coefficient (Wildman–Crippen LogP) is 1.79. The number of carbonyl (C=O) groups is 1. The minimum atomic E-state index is -0.0491. The zero-order valence-electron chi connectivity index (χ0n) is 12.4. The van der Waals surface area contributed by atoms with Crippen LogP contribution in [0, 0.1) is 5.92 Å². The second-order valence-corrected chi connectivity index (χ2v) is 6.06. The van der Waals surface area contributed by atoms with Crippen LogP contribution in [-0.2, 0) is 9.53 Å². The summed E-state index contributed by atoms with van der Waals surface area (Å²) in [6.45, 7) is 8.38. The molecular formula is C15H28N2O2. The molecule has 4 heteroatoms. The number of piperazine rings is 1. The first kappa shape index (κ1) is 14.8. The maximum atomic E-state index is 11.8. The molecule has 1 spiro atoms. The molecule has 0 amide bonds. The lowest BCUT2D eigenvalue weighted by atomic mass is 9.78. The lowest BCUT2D eigenvalue weighted by molar-refractivity contribution is -0.149. The minimum absolute atomic E-state index is 0.0168. The van der Waals surface area contributed by atoms with Gasteiger partial charge in [-0.3, -0.25) is 9.69 Å². The number of esters is 1. The lowest BCUT2D eigenvalue weighted by Gasteiger charge is -2.50. The molecule has 0 radical (unpaired) electrons. The van der Waals surface area contributed by atoms with Gasteiger partial charge < -0.3 is 10.1 Å². The Morgan fingerprint density at radius 2 is 2.11 bits per heavy atom. The molecule has 1 unspecified atom stereocenters. The Bertz CT molecular complexity index is 292. The molecule has 2 rings (SSSR count). The van der Waals surface area contributed by atoms with Gasteiger partial charge in [-0.25, -0.2) is 0 Å². The van der Waals surface area contributed by atoms with Gasteiger partial charge in [0.2, 0.25) is 0 Å². The van der Waals surface area contributed by atoms with Crippen LogP contribution in [0.2, 0.25) is 0 Å². The maximum Gasteiger partial charge on any atom is 0.309 e. The zero-order chi connectivity index (χ0) is 13.7. The van der Waals surface area contributed by atoms with Crippen molar-refractivity contribution in [3.05, 3.63) is 0 Å². The van der Waals surface area contributed by atoms with E-state index in [4.69, 9.17) is 4.74 Å². The first-order valence-electron chi connectivity index (χ1n) is 7.80. The molecule has 19 heavy (non-hydrogen) atoms. The van der Waals surface area contributed by atoms with E-state index >= 15 is 0 Å². The Kier molecular flexibility index (Phi) is 5.22. The normalized spacial score (nSPS) is 25.2. The first-order chi connectivity index (χ1) is 9.18. The summed E-state index contributed by atoms with van der Waals surface area (Å²) in [5.74, 6) is -0.0659. The summed E-state index contributed by atoms with van der Waals surface area (Å²) in [6, 6.07) is 0. The average Bonchev–Trinajstić information content (AvgIpc) is 2.43. The molecular weight excluding hydrogens is 240 g/mol. The molecule has 0 bridgehead atoms. The van der Waals surface area contributed by atoms with Gasteiger partial charge in [0, 0.05) is 31.7 Å². The van der Waals surface area contributed by atoms with Gasteiger partial charge >= 0.3 is 5.97 Å². The van der Waals surface area contributed by atoms with Crippen LogP contribution in [0.25, 0.3) is 0 Å². The van der Waals surface area contributed by atoms with Crippen molar-refractivity contribution >= 4 is 5.97 Å². The molecule has 1 saturated carbocycles. The van der Waals surface area contributed by atoms with Crippen LogP contribution in [0.3, 0.4) is 0 Å². The van der Waals surface area contributed by atoms with Crippen LogP contribution in [0.4, 0.5) is 0 Å². The number of hydrogen-bond acceptors (Lipinski definition) is 4. The topological polar surface area (TPSA) is 41.6 Å². The molecule has 1 aliphatic carbocycles. The van der Waals surface area contributed by atoms with Crippen LogP contribution in [0.1, 0.15) is 46.0 Å². The van der Waals surface area contributed by atoms with Gasteiger partial charge in [0.1, 0.15) is 0 Å². The summed E-state index contributed by atoms with van der Waals surface area (Å²) in [7, 11) is 0. The number of carbonyl (C=O) groups excluding carboxylic acids is 1. The standard InChI is InChI=1S/C15H28N2O2/c1-3-19-14(18)13(2)11-17-10-9-16-12-15(17)7-5-4-6-8-15/h13,16H,3-12H2,1-2H3. The number of rotatable bonds is 4. The molecule has 1 atom stereocenters. The third-order valence-electron chi connectivity index (χ3n) is 4.65. The van der Waals surface area contributed by atoms with Crippen LogP contribution in [0.5, 0.6) is 0 Å². The number of nitrogens with zero attached hydrogens (tertiary/aromatic N) is 1. The van der Waals surface area contributed by atoms with E-state index in [2.05, 4.69) is 10.2 Å². The third-order valence-corrected chi connectivity index (χ3v) is 4.65.